The molecule has 0 fully saturated rings. The molecule has 2 aromatic rings. The summed E-state index contributed by atoms with van der Waals surface area (Å²) >= 11 is 11.8. The molecule has 0 amide bonds. The summed E-state index contributed by atoms with van der Waals surface area (Å²) in [7, 11) is -3.47. The van der Waals surface area contributed by atoms with Crippen LogP contribution in [0.15, 0.2) is 47.4 Å². The molecule has 0 aliphatic rings. The van der Waals surface area contributed by atoms with E-state index in [4.69, 9.17) is 23.2 Å². The van der Waals surface area contributed by atoms with Gasteiger partial charge in [0.2, 0.25) is 10.0 Å². The Hall–Kier alpha value is -1.07. The van der Waals surface area contributed by atoms with Crippen molar-refractivity contribution in [1.82, 2.24) is 4.72 Å². The minimum absolute atomic E-state index is 0.266. The Morgan fingerprint density at radius 3 is 2.29 bits per heavy atom. The first-order valence-corrected chi connectivity index (χ1v) is 8.63. The maximum absolute atomic E-state index is 12.1. The van der Waals surface area contributed by atoms with Crippen LogP contribution in [0, 0.1) is 6.92 Å². The summed E-state index contributed by atoms with van der Waals surface area (Å²) < 4.78 is 26.8. The van der Waals surface area contributed by atoms with E-state index >= 15 is 0 Å². The highest BCUT2D eigenvalue weighted by molar-refractivity contribution is 7.89. The van der Waals surface area contributed by atoms with Crippen LogP contribution in [0.2, 0.25) is 10.0 Å². The van der Waals surface area contributed by atoms with Crippen molar-refractivity contribution in [3.63, 3.8) is 0 Å². The van der Waals surface area contributed by atoms with Gasteiger partial charge in [0.05, 0.1) is 14.9 Å². The number of hydrogen-bond donors (Lipinski definition) is 1. The SMILES string of the molecule is Cc1ccc(S(=O)(=O)NCCc2ccc(Cl)c(Cl)c2)cc1. The zero-order valence-corrected chi connectivity index (χ0v) is 13.8. The molecule has 112 valence electrons. The van der Waals surface area contributed by atoms with E-state index in [0.717, 1.165) is 11.1 Å². The van der Waals surface area contributed by atoms with Crippen LogP contribution >= 0.6 is 23.2 Å². The number of nitrogens with one attached hydrogen (secondary N) is 1. The molecule has 2 rings (SSSR count). The van der Waals surface area contributed by atoms with Crippen molar-refractivity contribution in [3.8, 4) is 0 Å². The van der Waals surface area contributed by atoms with Crippen LogP contribution in [-0.4, -0.2) is 15.0 Å². The van der Waals surface area contributed by atoms with E-state index < -0.39 is 10.0 Å². The molecule has 1 N–H and O–H groups in total. The molecule has 3 nitrogen and oxygen atoms in total. The molecule has 0 aliphatic heterocycles. The largest absolute Gasteiger partial charge is 0.240 e. The Kier molecular flexibility index (Phi) is 5.27. The molecule has 0 aliphatic carbocycles. The van der Waals surface area contributed by atoms with Gasteiger partial charge in [-0.15, -0.1) is 0 Å². The molecule has 0 heterocycles. The molecule has 0 unspecified atom stereocenters. The van der Waals surface area contributed by atoms with Gasteiger partial charge in [-0.2, -0.15) is 0 Å². The number of hydrogen-bond acceptors (Lipinski definition) is 2. The zero-order valence-electron chi connectivity index (χ0n) is 11.4. The summed E-state index contributed by atoms with van der Waals surface area (Å²) in [5.74, 6) is 0. The Morgan fingerprint density at radius 2 is 1.67 bits per heavy atom. The molecule has 0 saturated heterocycles. The molecule has 6 heteroatoms. The van der Waals surface area contributed by atoms with Crippen LogP contribution in [0.1, 0.15) is 11.1 Å². The molecule has 0 aromatic heterocycles. The van der Waals surface area contributed by atoms with Crippen molar-refractivity contribution < 1.29 is 8.42 Å². The quantitative estimate of drug-likeness (QED) is 0.896. The second-order valence-electron chi connectivity index (χ2n) is 4.71. The van der Waals surface area contributed by atoms with Crippen LogP contribution in [-0.2, 0) is 16.4 Å². The zero-order chi connectivity index (χ0) is 15.5. The maximum atomic E-state index is 12.1. The Balaban J connectivity index is 1.98. The molecule has 0 spiro atoms. The van der Waals surface area contributed by atoms with E-state index in [9.17, 15) is 8.42 Å². The van der Waals surface area contributed by atoms with E-state index in [-0.39, 0.29) is 4.90 Å². The predicted octanol–water partition coefficient (Wildman–Crippen LogP) is 3.82. The first-order chi connectivity index (χ1) is 9.88. The van der Waals surface area contributed by atoms with Crippen LogP contribution in [0.5, 0.6) is 0 Å². The standard InChI is InChI=1S/C15H15Cl2NO2S/c1-11-2-5-13(6-3-11)21(19,20)18-9-8-12-4-7-14(16)15(17)10-12/h2-7,10,18H,8-9H2,1H3. The molecular formula is C15H15Cl2NO2S. The lowest BCUT2D eigenvalue weighted by Gasteiger charge is -2.07. The normalized spacial score (nSPS) is 11.6. The topological polar surface area (TPSA) is 46.2 Å². The fraction of sp³-hybridized carbons (Fsp3) is 0.200. The van der Waals surface area contributed by atoms with E-state index in [0.29, 0.717) is 23.0 Å². The van der Waals surface area contributed by atoms with Gasteiger partial charge in [0.25, 0.3) is 0 Å². The Labute approximate surface area is 135 Å². The molecule has 2 aromatic carbocycles. The van der Waals surface area contributed by atoms with Crippen LogP contribution in [0.25, 0.3) is 0 Å². The smallest absolute Gasteiger partial charge is 0.211 e. The number of halogens is 2. The van der Waals surface area contributed by atoms with Crippen molar-refractivity contribution in [2.75, 3.05) is 6.54 Å². The summed E-state index contributed by atoms with van der Waals surface area (Å²) in [6, 6.07) is 12.0. The van der Waals surface area contributed by atoms with Gasteiger partial charge in [0.1, 0.15) is 0 Å². The average molecular weight is 344 g/mol. The van der Waals surface area contributed by atoms with Gasteiger partial charge in [-0.25, -0.2) is 13.1 Å². The minimum Gasteiger partial charge on any atom is -0.211 e. The molecule has 0 saturated carbocycles. The molecular weight excluding hydrogens is 329 g/mol. The highest BCUT2D eigenvalue weighted by Gasteiger charge is 2.12. The average Bonchev–Trinajstić information content (AvgIpc) is 2.43. The van der Waals surface area contributed by atoms with Crippen molar-refractivity contribution in [3.05, 3.63) is 63.6 Å². The van der Waals surface area contributed by atoms with Gasteiger partial charge in [-0.3, -0.25) is 0 Å². The summed E-state index contributed by atoms with van der Waals surface area (Å²) in [6.45, 7) is 2.21. The number of aryl methyl sites for hydroxylation is 1. The second-order valence-corrected chi connectivity index (χ2v) is 7.29. The van der Waals surface area contributed by atoms with Gasteiger partial charge in [0.15, 0.2) is 0 Å². The van der Waals surface area contributed by atoms with Crippen molar-refractivity contribution in [2.45, 2.75) is 18.2 Å². The highest BCUT2D eigenvalue weighted by atomic mass is 35.5. The molecule has 0 bridgehead atoms. The summed E-state index contributed by atoms with van der Waals surface area (Å²) in [5.41, 5.74) is 1.95. The van der Waals surface area contributed by atoms with Gasteiger partial charge in [0, 0.05) is 6.54 Å². The lowest BCUT2D eigenvalue weighted by molar-refractivity contribution is 0.581. The number of sulfonamides is 1. The monoisotopic (exact) mass is 343 g/mol. The van der Waals surface area contributed by atoms with E-state index in [1.54, 1.807) is 36.4 Å². The highest BCUT2D eigenvalue weighted by Crippen LogP contribution is 2.22. The number of benzene rings is 2. The Morgan fingerprint density at radius 1 is 1.00 bits per heavy atom. The third-order valence-corrected chi connectivity index (χ3v) is 5.24. The van der Waals surface area contributed by atoms with Crippen molar-refractivity contribution in [2.24, 2.45) is 0 Å². The van der Waals surface area contributed by atoms with Crippen LogP contribution in [0.3, 0.4) is 0 Å². The fourth-order valence-corrected chi connectivity index (χ4v) is 3.18. The third-order valence-electron chi connectivity index (χ3n) is 3.02. The van der Waals surface area contributed by atoms with E-state index in [2.05, 4.69) is 4.72 Å². The summed E-state index contributed by atoms with van der Waals surface area (Å²) in [4.78, 5) is 0.266. The van der Waals surface area contributed by atoms with E-state index in [1.807, 2.05) is 13.0 Å². The van der Waals surface area contributed by atoms with Gasteiger partial charge < -0.3 is 0 Å². The lowest BCUT2D eigenvalue weighted by atomic mass is 10.1. The number of rotatable bonds is 5. The van der Waals surface area contributed by atoms with Crippen molar-refractivity contribution in [1.29, 1.82) is 0 Å². The molecule has 0 atom stereocenters. The van der Waals surface area contributed by atoms with Gasteiger partial charge >= 0.3 is 0 Å². The second kappa shape index (κ2) is 6.79. The van der Waals surface area contributed by atoms with E-state index in [1.165, 1.54) is 0 Å². The van der Waals surface area contributed by atoms with Gasteiger partial charge in [-0.05, 0) is 43.2 Å². The van der Waals surface area contributed by atoms with Crippen molar-refractivity contribution >= 4 is 33.2 Å². The fourth-order valence-electron chi connectivity index (χ4n) is 1.83. The van der Waals surface area contributed by atoms with Crippen LogP contribution < -0.4 is 4.72 Å². The first-order valence-electron chi connectivity index (χ1n) is 6.39. The summed E-state index contributed by atoms with van der Waals surface area (Å²) in [6.07, 6.45) is 0.544. The van der Waals surface area contributed by atoms with Gasteiger partial charge in [-0.1, -0.05) is 47.0 Å². The van der Waals surface area contributed by atoms with Crippen LogP contribution in [0.4, 0.5) is 0 Å². The molecule has 21 heavy (non-hydrogen) atoms. The minimum atomic E-state index is -3.47. The maximum Gasteiger partial charge on any atom is 0.240 e. The first kappa shape index (κ1) is 16.3. The molecule has 0 radical (unpaired) electrons. The predicted molar refractivity (Wildman–Crippen MR) is 86.5 cm³/mol. The summed E-state index contributed by atoms with van der Waals surface area (Å²) in [5, 5.41) is 0.955. The Bertz CT molecular complexity index is 728. The third kappa shape index (κ3) is 4.45. The lowest BCUT2D eigenvalue weighted by Crippen LogP contribution is -2.26.